The molecular weight excluding hydrogens is 469 g/mol. The number of thiophene rings is 1. The quantitative estimate of drug-likeness (QED) is 0.572. The third-order valence-corrected chi connectivity index (χ3v) is 7.07. The molecule has 2 aliphatic rings. The minimum atomic E-state index is -0.347. The first-order valence-corrected chi connectivity index (χ1v) is 12.9. The summed E-state index contributed by atoms with van der Waals surface area (Å²) in [5, 5.41) is 11.0. The Bertz CT molecular complexity index is 1010. The van der Waals surface area contributed by atoms with Crippen LogP contribution in [0.2, 0.25) is 0 Å². The number of halogens is 1. The molecule has 1 aromatic heterocycles. The van der Waals surface area contributed by atoms with E-state index in [0.29, 0.717) is 39.3 Å². The second-order valence-corrected chi connectivity index (χ2v) is 9.59. The number of carbonyl (C=O) groups excluding carboxylic acids is 2. The van der Waals surface area contributed by atoms with Crippen LogP contribution in [0.1, 0.15) is 36.2 Å². The van der Waals surface area contributed by atoms with Crippen LogP contribution in [0.4, 0.5) is 9.18 Å². The lowest BCUT2D eigenvalue weighted by Crippen LogP contribution is -2.49. The van der Waals surface area contributed by atoms with Gasteiger partial charge in [0.05, 0.1) is 29.8 Å². The normalized spacial score (nSPS) is 18.4. The summed E-state index contributed by atoms with van der Waals surface area (Å²) in [6.07, 6.45) is 1.35. The van der Waals surface area contributed by atoms with Crippen molar-refractivity contribution in [1.29, 1.82) is 0 Å². The zero-order valence-electron chi connectivity index (χ0n) is 20.0. The van der Waals surface area contributed by atoms with E-state index in [4.69, 9.17) is 4.74 Å². The summed E-state index contributed by atoms with van der Waals surface area (Å²) in [5.74, 6) is -0.592. The van der Waals surface area contributed by atoms with Crippen molar-refractivity contribution in [1.82, 2.24) is 20.1 Å². The second-order valence-electron chi connectivity index (χ2n) is 8.64. The largest absolute Gasteiger partial charge is 0.379 e. The zero-order chi connectivity index (χ0) is 24.6. The van der Waals surface area contributed by atoms with E-state index in [1.807, 2.05) is 24.4 Å². The minimum Gasteiger partial charge on any atom is -0.379 e. The van der Waals surface area contributed by atoms with Crippen LogP contribution in [0.15, 0.2) is 46.9 Å². The van der Waals surface area contributed by atoms with Gasteiger partial charge in [-0.05, 0) is 35.6 Å². The number of nitrogens with zero attached hydrogens (tertiary/aromatic N) is 4. The maximum absolute atomic E-state index is 13.6. The molecule has 10 heteroatoms. The lowest BCUT2D eigenvalue weighted by molar-refractivity contribution is -0.133. The summed E-state index contributed by atoms with van der Waals surface area (Å²) in [5.41, 5.74) is 1.63. The molecule has 3 amide bonds. The van der Waals surface area contributed by atoms with Crippen molar-refractivity contribution in [3.05, 3.63) is 58.0 Å². The maximum Gasteiger partial charge on any atom is 0.317 e. The topological polar surface area (TPSA) is 77.5 Å². The van der Waals surface area contributed by atoms with Gasteiger partial charge in [-0.3, -0.25) is 9.69 Å². The number of rotatable bonds is 9. The van der Waals surface area contributed by atoms with Crippen LogP contribution in [0, 0.1) is 5.82 Å². The summed E-state index contributed by atoms with van der Waals surface area (Å²) in [6, 6.07) is 9.50. The lowest BCUT2D eigenvalue weighted by atomic mass is 10.0. The van der Waals surface area contributed by atoms with Gasteiger partial charge in [0, 0.05) is 39.1 Å². The first-order chi connectivity index (χ1) is 17.0. The molecule has 0 bridgehead atoms. The van der Waals surface area contributed by atoms with Crippen molar-refractivity contribution >= 4 is 29.0 Å². The molecule has 1 saturated heterocycles. The summed E-state index contributed by atoms with van der Waals surface area (Å²) < 4.78 is 19.0. The fourth-order valence-electron chi connectivity index (χ4n) is 4.20. The molecule has 1 atom stereocenters. The Morgan fingerprint density at radius 2 is 2.00 bits per heavy atom. The SMILES string of the molecule is CCCNC(=O)N(CCN1CCOCC1)CC(=O)N1N=C(c2cccs2)CC1c1ccc(F)cc1. The molecule has 1 fully saturated rings. The number of hydrazone groups is 1. The standard InChI is InChI=1S/C25H32FN5O3S/c1-2-9-27-25(33)30(11-10-29-12-14-34-15-13-29)18-24(32)31-22(19-5-7-20(26)8-6-19)17-21(28-31)23-4-3-16-35-23/h3-8,16,22H,2,9-15,17-18H2,1H3,(H,27,33). The van der Waals surface area contributed by atoms with Gasteiger partial charge in [-0.1, -0.05) is 25.1 Å². The molecule has 188 valence electrons. The fourth-order valence-corrected chi connectivity index (χ4v) is 4.92. The number of hydrogen-bond donors (Lipinski definition) is 1. The average Bonchev–Trinajstić information content (AvgIpc) is 3.56. The number of carbonyl (C=O) groups is 2. The van der Waals surface area contributed by atoms with Gasteiger partial charge in [0.15, 0.2) is 0 Å². The highest BCUT2D eigenvalue weighted by atomic mass is 32.1. The number of ether oxygens (including phenoxy) is 1. The van der Waals surface area contributed by atoms with E-state index in [1.54, 1.807) is 28.4 Å². The van der Waals surface area contributed by atoms with Crippen molar-refractivity contribution in [3.8, 4) is 0 Å². The summed E-state index contributed by atoms with van der Waals surface area (Å²) >= 11 is 1.57. The second kappa shape index (κ2) is 12.2. The molecule has 4 rings (SSSR count). The van der Waals surface area contributed by atoms with Gasteiger partial charge in [0.2, 0.25) is 0 Å². The average molecular weight is 502 g/mol. The minimum absolute atomic E-state index is 0.0845. The van der Waals surface area contributed by atoms with Gasteiger partial charge in [-0.15, -0.1) is 11.3 Å². The molecule has 2 aliphatic heterocycles. The maximum atomic E-state index is 13.6. The molecule has 35 heavy (non-hydrogen) atoms. The molecular formula is C25H32FN5O3S. The zero-order valence-corrected chi connectivity index (χ0v) is 20.8. The van der Waals surface area contributed by atoms with Crippen molar-refractivity contribution < 1.29 is 18.7 Å². The highest BCUT2D eigenvalue weighted by molar-refractivity contribution is 7.12. The van der Waals surface area contributed by atoms with Gasteiger partial charge in [0.25, 0.3) is 5.91 Å². The Morgan fingerprint density at radius 1 is 1.23 bits per heavy atom. The van der Waals surface area contributed by atoms with E-state index < -0.39 is 0 Å². The molecule has 0 saturated carbocycles. The van der Waals surface area contributed by atoms with Crippen LogP contribution in [-0.4, -0.2) is 84.9 Å². The monoisotopic (exact) mass is 501 g/mol. The Kier molecular flexibility index (Phi) is 8.84. The number of hydrogen-bond acceptors (Lipinski definition) is 6. The molecule has 1 N–H and O–H groups in total. The van der Waals surface area contributed by atoms with E-state index in [9.17, 15) is 14.0 Å². The highest BCUT2D eigenvalue weighted by Crippen LogP contribution is 2.34. The Balaban J connectivity index is 1.51. The molecule has 3 heterocycles. The van der Waals surface area contributed by atoms with E-state index in [2.05, 4.69) is 15.3 Å². The fraction of sp³-hybridized carbons (Fsp3) is 0.480. The first-order valence-electron chi connectivity index (χ1n) is 12.1. The van der Waals surface area contributed by atoms with Crippen molar-refractivity contribution in [3.63, 3.8) is 0 Å². The van der Waals surface area contributed by atoms with E-state index in [-0.39, 0.29) is 30.3 Å². The summed E-state index contributed by atoms with van der Waals surface area (Å²) in [6.45, 7) is 6.52. The Labute approximate surface area is 209 Å². The summed E-state index contributed by atoms with van der Waals surface area (Å²) in [7, 11) is 0. The first kappa shape index (κ1) is 25.3. The van der Waals surface area contributed by atoms with E-state index in [1.165, 1.54) is 17.1 Å². The van der Waals surface area contributed by atoms with Crippen LogP contribution < -0.4 is 5.32 Å². The number of amides is 3. The Morgan fingerprint density at radius 3 is 2.69 bits per heavy atom. The number of benzene rings is 1. The van der Waals surface area contributed by atoms with Crippen LogP contribution in [0.25, 0.3) is 0 Å². The molecule has 0 aliphatic carbocycles. The molecule has 0 spiro atoms. The van der Waals surface area contributed by atoms with Crippen LogP contribution >= 0.6 is 11.3 Å². The molecule has 1 unspecified atom stereocenters. The molecule has 1 aromatic carbocycles. The van der Waals surface area contributed by atoms with Crippen molar-refractivity contribution in [2.45, 2.75) is 25.8 Å². The van der Waals surface area contributed by atoms with Crippen molar-refractivity contribution in [2.24, 2.45) is 5.10 Å². The summed E-state index contributed by atoms with van der Waals surface area (Å²) in [4.78, 5) is 31.2. The smallest absolute Gasteiger partial charge is 0.317 e. The number of morpholine rings is 1. The van der Waals surface area contributed by atoms with Gasteiger partial charge in [-0.25, -0.2) is 14.2 Å². The molecule has 2 aromatic rings. The predicted molar refractivity (Wildman–Crippen MR) is 134 cm³/mol. The van der Waals surface area contributed by atoms with Crippen LogP contribution in [0.5, 0.6) is 0 Å². The van der Waals surface area contributed by atoms with E-state index in [0.717, 1.165) is 35.7 Å². The van der Waals surface area contributed by atoms with Gasteiger partial charge in [-0.2, -0.15) is 5.10 Å². The van der Waals surface area contributed by atoms with E-state index >= 15 is 0 Å². The van der Waals surface area contributed by atoms with Crippen LogP contribution in [0.3, 0.4) is 0 Å². The molecule has 0 radical (unpaired) electrons. The number of urea groups is 1. The van der Waals surface area contributed by atoms with Gasteiger partial charge >= 0.3 is 6.03 Å². The molecule has 8 nitrogen and oxygen atoms in total. The lowest BCUT2D eigenvalue weighted by Gasteiger charge is -2.31. The number of nitrogens with one attached hydrogen (secondary N) is 1. The van der Waals surface area contributed by atoms with Crippen LogP contribution in [-0.2, 0) is 9.53 Å². The third kappa shape index (κ3) is 6.65. The van der Waals surface area contributed by atoms with Gasteiger partial charge in [0.1, 0.15) is 12.4 Å². The Hall–Kier alpha value is -2.82. The predicted octanol–water partition coefficient (Wildman–Crippen LogP) is 3.32. The highest BCUT2D eigenvalue weighted by Gasteiger charge is 2.34. The third-order valence-electron chi connectivity index (χ3n) is 6.16. The van der Waals surface area contributed by atoms with Gasteiger partial charge < -0.3 is 15.0 Å². The van der Waals surface area contributed by atoms with Crippen molar-refractivity contribution in [2.75, 3.05) is 52.5 Å².